The van der Waals surface area contributed by atoms with Crippen LogP contribution in [0.4, 0.5) is 11.4 Å². The van der Waals surface area contributed by atoms with Gasteiger partial charge in [0.05, 0.1) is 30.1 Å². The molecule has 0 aliphatic heterocycles. The second-order valence-corrected chi connectivity index (χ2v) is 3.94. The molecule has 1 aromatic rings. The van der Waals surface area contributed by atoms with Gasteiger partial charge >= 0.3 is 5.97 Å². The molecule has 0 radical (unpaired) electrons. The predicted molar refractivity (Wildman–Crippen MR) is 73.9 cm³/mol. The van der Waals surface area contributed by atoms with Crippen molar-refractivity contribution in [2.24, 2.45) is 5.73 Å². The molecule has 0 saturated carbocycles. The number of primary amides is 1. The lowest BCUT2D eigenvalue weighted by Crippen LogP contribution is -2.35. The first-order valence-electron chi connectivity index (χ1n) is 6.10. The number of ether oxygens (including phenoxy) is 1. The first-order chi connectivity index (χ1) is 9.01. The zero-order valence-corrected chi connectivity index (χ0v) is 11.2. The first-order valence-corrected chi connectivity index (χ1v) is 6.10. The zero-order valence-electron chi connectivity index (χ0n) is 11.2. The summed E-state index contributed by atoms with van der Waals surface area (Å²) in [7, 11) is 0. The van der Waals surface area contributed by atoms with Crippen molar-refractivity contribution in [3.8, 4) is 0 Å². The largest absolute Gasteiger partial charge is 0.462 e. The minimum absolute atomic E-state index is 0.00286. The van der Waals surface area contributed by atoms with E-state index in [2.05, 4.69) is 0 Å². The molecule has 0 heterocycles. The van der Waals surface area contributed by atoms with E-state index in [9.17, 15) is 9.59 Å². The van der Waals surface area contributed by atoms with Crippen LogP contribution in [-0.4, -0.2) is 31.6 Å². The van der Waals surface area contributed by atoms with Crippen molar-refractivity contribution in [2.75, 3.05) is 30.3 Å². The summed E-state index contributed by atoms with van der Waals surface area (Å²) in [5.74, 6) is -0.951. The zero-order chi connectivity index (χ0) is 14.4. The molecule has 0 aliphatic carbocycles. The van der Waals surface area contributed by atoms with Gasteiger partial charge in [-0.15, -0.1) is 0 Å². The van der Waals surface area contributed by atoms with Crippen molar-refractivity contribution in [1.29, 1.82) is 0 Å². The number of nitrogens with zero attached hydrogens (tertiary/aromatic N) is 1. The summed E-state index contributed by atoms with van der Waals surface area (Å²) in [6, 6.07) is 4.96. The number of nitrogens with two attached hydrogens (primary N) is 2. The van der Waals surface area contributed by atoms with Gasteiger partial charge in [-0.25, -0.2) is 4.79 Å². The summed E-state index contributed by atoms with van der Waals surface area (Å²) in [6.45, 7) is 4.35. The molecule has 0 aliphatic rings. The number of likely N-dealkylation sites (N-methyl/N-ethyl adjacent to an activating group) is 1. The molecule has 0 fully saturated rings. The number of carbonyl (C=O) groups is 2. The fraction of sp³-hybridized carbons (Fsp3) is 0.385. The number of para-hydroxylation sites is 1. The number of amides is 1. The number of anilines is 2. The Morgan fingerprint density at radius 3 is 2.53 bits per heavy atom. The lowest BCUT2D eigenvalue weighted by atomic mass is 10.1. The van der Waals surface area contributed by atoms with Crippen LogP contribution in [0, 0.1) is 0 Å². The van der Waals surface area contributed by atoms with Crippen LogP contribution < -0.4 is 16.4 Å². The van der Waals surface area contributed by atoms with Crippen molar-refractivity contribution in [2.45, 2.75) is 13.8 Å². The Morgan fingerprint density at radius 1 is 1.32 bits per heavy atom. The van der Waals surface area contributed by atoms with Gasteiger partial charge < -0.3 is 21.1 Å². The van der Waals surface area contributed by atoms with E-state index in [4.69, 9.17) is 16.2 Å². The highest BCUT2D eigenvalue weighted by atomic mass is 16.5. The number of esters is 1. The van der Waals surface area contributed by atoms with Gasteiger partial charge in [0.1, 0.15) is 0 Å². The van der Waals surface area contributed by atoms with Gasteiger partial charge in [0.2, 0.25) is 5.91 Å². The second kappa shape index (κ2) is 6.63. The van der Waals surface area contributed by atoms with Crippen molar-refractivity contribution >= 4 is 23.3 Å². The highest BCUT2D eigenvalue weighted by molar-refractivity contribution is 6.00. The smallest absolute Gasteiger partial charge is 0.340 e. The van der Waals surface area contributed by atoms with E-state index >= 15 is 0 Å². The summed E-state index contributed by atoms with van der Waals surface area (Å²) < 4.78 is 4.99. The molecule has 6 nitrogen and oxygen atoms in total. The molecular formula is C13H19N3O3. The quantitative estimate of drug-likeness (QED) is 0.584. The summed E-state index contributed by atoms with van der Waals surface area (Å²) in [5, 5.41) is 0. The van der Waals surface area contributed by atoms with Crippen LogP contribution in [0.25, 0.3) is 0 Å². The van der Waals surface area contributed by atoms with Gasteiger partial charge in [-0.05, 0) is 26.0 Å². The maximum atomic E-state index is 11.9. The molecule has 0 unspecified atom stereocenters. The number of hydrogen-bond acceptors (Lipinski definition) is 5. The van der Waals surface area contributed by atoms with E-state index in [1.54, 1.807) is 30.0 Å². The summed E-state index contributed by atoms with van der Waals surface area (Å²) in [5.41, 5.74) is 12.3. The third kappa shape index (κ3) is 3.61. The van der Waals surface area contributed by atoms with Crippen LogP contribution in [0.1, 0.15) is 24.2 Å². The predicted octanol–water partition coefficient (Wildman–Crippen LogP) is 0.757. The third-order valence-electron chi connectivity index (χ3n) is 2.61. The molecule has 0 spiro atoms. The highest BCUT2D eigenvalue weighted by Gasteiger charge is 2.20. The monoisotopic (exact) mass is 265 g/mol. The van der Waals surface area contributed by atoms with E-state index in [1.165, 1.54) is 0 Å². The summed E-state index contributed by atoms with van der Waals surface area (Å²) in [4.78, 5) is 24.6. The van der Waals surface area contributed by atoms with Gasteiger partial charge in [0.15, 0.2) is 0 Å². The average Bonchev–Trinajstić information content (AvgIpc) is 2.36. The number of carbonyl (C=O) groups excluding carboxylic acids is 2. The molecular weight excluding hydrogens is 246 g/mol. The Balaban J connectivity index is 3.22. The van der Waals surface area contributed by atoms with Crippen LogP contribution in [0.15, 0.2) is 18.2 Å². The Morgan fingerprint density at radius 2 is 2.00 bits per heavy atom. The maximum Gasteiger partial charge on any atom is 0.340 e. The van der Waals surface area contributed by atoms with E-state index < -0.39 is 11.9 Å². The van der Waals surface area contributed by atoms with Gasteiger partial charge in [-0.2, -0.15) is 0 Å². The van der Waals surface area contributed by atoms with Gasteiger partial charge in [0.25, 0.3) is 0 Å². The Kier molecular flexibility index (Phi) is 5.17. The minimum atomic E-state index is -0.486. The molecule has 6 heteroatoms. The molecule has 0 atom stereocenters. The minimum Gasteiger partial charge on any atom is -0.462 e. The van der Waals surface area contributed by atoms with E-state index in [0.717, 1.165) is 0 Å². The van der Waals surface area contributed by atoms with Crippen LogP contribution in [-0.2, 0) is 9.53 Å². The van der Waals surface area contributed by atoms with E-state index in [0.29, 0.717) is 23.5 Å². The molecule has 104 valence electrons. The molecule has 0 aromatic heterocycles. The Bertz CT molecular complexity index is 474. The second-order valence-electron chi connectivity index (χ2n) is 3.94. The van der Waals surface area contributed by atoms with Crippen LogP contribution in [0.2, 0.25) is 0 Å². The van der Waals surface area contributed by atoms with Crippen molar-refractivity contribution in [3.05, 3.63) is 23.8 Å². The van der Waals surface area contributed by atoms with E-state index in [-0.39, 0.29) is 13.2 Å². The molecule has 4 N–H and O–H groups in total. The molecule has 0 bridgehead atoms. The molecule has 0 saturated heterocycles. The normalized spacial score (nSPS) is 10.0. The van der Waals surface area contributed by atoms with Gasteiger partial charge in [0, 0.05) is 6.54 Å². The third-order valence-corrected chi connectivity index (χ3v) is 2.61. The number of benzene rings is 1. The Labute approximate surface area is 112 Å². The molecule has 1 amide bonds. The van der Waals surface area contributed by atoms with Crippen molar-refractivity contribution < 1.29 is 14.3 Å². The standard InChI is InChI=1S/C13H19N3O3/c1-3-16(8-11(15)17)12-9(13(18)19-4-2)6-5-7-10(12)14/h5-7H,3-4,8,14H2,1-2H3,(H2,15,17). The van der Waals surface area contributed by atoms with E-state index in [1.807, 2.05) is 6.92 Å². The topological polar surface area (TPSA) is 98.7 Å². The average molecular weight is 265 g/mol. The molecule has 19 heavy (non-hydrogen) atoms. The van der Waals surface area contributed by atoms with Gasteiger partial charge in [-0.1, -0.05) is 6.07 Å². The van der Waals surface area contributed by atoms with Crippen molar-refractivity contribution in [3.63, 3.8) is 0 Å². The number of nitrogen functional groups attached to an aromatic ring is 1. The van der Waals surface area contributed by atoms with Crippen LogP contribution >= 0.6 is 0 Å². The van der Waals surface area contributed by atoms with Crippen LogP contribution in [0.5, 0.6) is 0 Å². The maximum absolute atomic E-state index is 11.9. The fourth-order valence-electron chi connectivity index (χ4n) is 1.82. The number of rotatable bonds is 6. The SMILES string of the molecule is CCOC(=O)c1cccc(N)c1N(CC)CC(N)=O. The molecule has 1 aromatic carbocycles. The lowest BCUT2D eigenvalue weighted by Gasteiger charge is -2.25. The summed E-state index contributed by atoms with van der Waals surface area (Å²) in [6.07, 6.45) is 0. The first kappa shape index (κ1) is 14.8. The van der Waals surface area contributed by atoms with Crippen molar-refractivity contribution in [1.82, 2.24) is 0 Å². The molecule has 1 rings (SSSR count). The lowest BCUT2D eigenvalue weighted by molar-refractivity contribution is -0.116. The Hall–Kier alpha value is -2.24. The summed E-state index contributed by atoms with van der Waals surface area (Å²) >= 11 is 0. The van der Waals surface area contributed by atoms with Crippen LogP contribution in [0.3, 0.4) is 0 Å². The number of hydrogen-bond donors (Lipinski definition) is 2. The fourth-order valence-corrected chi connectivity index (χ4v) is 1.82. The van der Waals surface area contributed by atoms with Gasteiger partial charge in [-0.3, -0.25) is 4.79 Å². The highest BCUT2D eigenvalue weighted by Crippen LogP contribution is 2.28.